The second-order valence-corrected chi connectivity index (χ2v) is 3.20. The highest BCUT2D eigenvalue weighted by atomic mass is 16.5. The number of carbonyl (C=O) groups is 1. The Bertz CT molecular complexity index is 134. The van der Waals surface area contributed by atoms with Gasteiger partial charge in [-0.2, -0.15) is 0 Å². The molecule has 0 N–H and O–H groups in total. The number of ether oxygens (including phenoxy) is 1. The summed E-state index contributed by atoms with van der Waals surface area (Å²) in [4.78, 5) is 12.3. The molecule has 1 rings (SSSR count). The van der Waals surface area contributed by atoms with Crippen LogP contribution in [0.2, 0.25) is 0 Å². The van der Waals surface area contributed by atoms with E-state index in [1.807, 2.05) is 20.9 Å². The minimum Gasteiger partial charge on any atom is -0.382 e. The van der Waals surface area contributed by atoms with Crippen LogP contribution in [0, 0.1) is 0 Å². The van der Waals surface area contributed by atoms with Crippen molar-refractivity contribution in [3.05, 3.63) is 0 Å². The highest BCUT2D eigenvalue weighted by Gasteiger charge is 2.14. The summed E-state index contributed by atoms with van der Waals surface area (Å²) in [5.74, 6) is 0.292. The number of amides is 1. The maximum Gasteiger partial charge on any atom is 0.222 e. The molecule has 0 radical (unpaired) electrons. The number of likely N-dealkylation sites (tertiary alicyclic amines) is 1. The molecule has 1 heterocycles. The van der Waals surface area contributed by atoms with Crippen molar-refractivity contribution < 1.29 is 9.53 Å². The van der Waals surface area contributed by atoms with E-state index >= 15 is 0 Å². The van der Waals surface area contributed by atoms with Gasteiger partial charge in [0.2, 0.25) is 5.91 Å². The fourth-order valence-corrected chi connectivity index (χ4v) is 0.783. The number of nitrogens with zero attached hydrogens (tertiary/aromatic N) is 1. The zero-order valence-corrected chi connectivity index (χ0v) is 8.46. The van der Waals surface area contributed by atoms with Crippen LogP contribution in [0.5, 0.6) is 0 Å². The molecule has 0 unspecified atom stereocenters. The molecule has 0 atom stereocenters. The summed E-state index contributed by atoms with van der Waals surface area (Å²) in [7, 11) is 3.54. The number of methoxy groups -OCH3 is 1. The Morgan fingerprint density at radius 2 is 2.00 bits per heavy atom. The Morgan fingerprint density at radius 3 is 2.08 bits per heavy atom. The van der Waals surface area contributed by atoms with Crippen molar-refractivity contribution >= 4 is 5.91 Å². The summed E-state index contributed by atoms with van der Waals surface area (Å²) >= 11 is 0. The molecule has 3 heteroatoms. The number of hydrogen-bond donors (Lipinski definition) is 0. The first-order valence-electron chi connectivity index (χ1n) is 4.34. The van der Waals surface area contributed by atoms with Crippen molar-refractivity contribution in [1.82, 2.24) is 4.90 Å². The van der Waals surface area contributed by atoms with Gasteiger partial charge < -0.3 is 9.64 Å². The van der Waals surface area contributed by atoms with Gasteiger partial charge in [-0.25, -0.2) is 0 Å². The Hall–Kier alpha value is -0.570. The zero-order valence-electron chi connectivity index (χ0n) is 8.46. The topological polar surface area (TPSA) is 29.5 Å². The second-order valence-electron chi connectivity index (χ2n) is 3.20. The van der Waals surface area contributed by atoms with Crippen molar-refractivity contribution in [2.24, 2.45) is 0 Å². The minimum atomic E-state index is 0.292. The molecule has 72 valence electrons. The van der Waals surface area contributed by atoms with Gasteiger partial charge in [0.1, 0.15) is 0 Å². The summed E-state index contributed by atoms with van der Waals surface area (Å²) in [6, 6.07) is 0. The lowest BCUT2D eigenvalue weighted by Gasteiger charge is -2.03. The highest BCUT2D eigenvalue weighted by molar-refractivity contribution is 5.77. The third-order valence-corrected chi connectivity index (χ3v) is 1.78. The fourth-order valence-electron chi connectivity index (χ4n) is 0.783. The van der Waals surface area contributed by atoms with Crippen LogP contribution in [0.15, 0.2) is 0 Å². The SMILES string of the molecule is CN1CCCC1=O.COC(C)C. The van der Waals surface area contributed by atoms with E-state index in [1.54, 1.807) is 12.0 Å². The molecular weight excluding hydrogens is 154 g/mol. The van der Waals surface area contributed by atoms with E-state index in [4.69, 9.17) is 4.74 Å². The lowest BCUT2D eigenvalue weighted by Crippen LogP contribution is -2.17. The molecule has 0 bridgehead atoms. The average molecular weight is 173 g/mol. The lowest BCUT2D eigenvalue weighted by atomic mass is 10.4. The molecule has 1 saturated heterocycles. The van der Waals surface area contributed by atoms with Crippen LogP contribution in [0.4, 0.5) is 0 Å². The van der Waals surface area contributed by atoms with E-state index in [2.05, 4.69) is 0 Å². The highest BCUT2D eigenvalue weighted by Crippen LogP contribution is 2.04. The molecule has 1 aliphatic heterocycles. The molecule has 1 fully saturated rings. The number of carbonyl (C=O) groups excluding carboxylic acids is 1. The van der Waals surface area contributed by atoms with Gasteiger partial charge in [-0.3, -0.25) is 4.79 Å². The third-order valence-electron chi connectivity index (χ3n) is 1.78. The van der Waals surface area contributed by atoms with Gasteiger partial charge in [0.05, 0.1) is 6.10 Å². The monoisotopic (exact) mass is 173 g/mol. The van der Waals surface area contributed by atoms with Crippen molar-refractivity contribution in [2.75, 3.05) is 20.7 Å². The molecule has 1 aliphatic rings. The van der Waals surface area contributed by atoms with E-state index in [0.29, 0.717) is 12.0 Å². The van der Waals surface area contributed by atoms with Crippen molar-refractivity contribution in [3.8, 4) is 0 Å². The maximum atomic E-state index is 10.5. The van der Waals surface area contributed by atoms with E-state index in [0.717, 1.165) is 19.4 Å². The molecular formula is C9H19NO2. The van der Waals surface area contributed by atoms with Crippen molar-refractivity contribution in [1.29, 1.82) is 0 Å². The third kappa shape index (κ3) is 5.13. The summed E-state index contributed by atoms with van der Waals surface area (Å²) in [6.45, 7) is 4.96. The number of rotatable bonds is 1. The molecule has 12 heavy (non-hydrogen) atoms. The Labute approximate surface area is 74.7 Å². The van der Waals surface area contributed by atoms with Gasteiger partial charge in [0.25, 0.3) is 0 Å². The largest absolute Gasteiger partial charge is 0.382 e. The van der Waals surface area contributed by atoms with Gasteiger partial charge >= 0.3 is 0 Å². The van der Waals surface area contributed by atoms with Gasteiger partial charge in [-0.1, -0.05) is 0 Å². The van der Waals surface area contributed by atoms with Crippen molar-refractivity contribution in [3.63, 3.8) is 0 Å². The maximum absolute atomic E-state index is 10.5. The summed E-state index contributed by atoms with van der Waals surface area (Å²) in [6.07, 6.45) is 2.20. The fraction of sp³-hybridized carbons (Fsp3) is 0.889. The minimum absolute atomic E-state index is 0.292. The van der Waals surface area contributed by atoms with E-state index < -0.39 is 0 Å². The molecule has 0 aromatic heterocycles. The number of hydrogen-bond acceptors (Lipinski definition) is 2. The smallest absolute Gasteiger partial charge is 0.222 e. The van der Waals surface area contributed by atoms with Gasteiger partial charge in [-0.05, 0) is 20.3 Å². The van der Waals surface area contributed by atoms with Crippen LogP contribution in [-0.2, 0) is 9.53 Å². The first-order chi connectivity index (χ1) is 5.57. The molecule has 3 nitrogen and oxygen atoms in total. The van der Waals surface area contributed by atoms with Gasteiger partial charge in [0.15, 0.2) is 0 Å². The van der Waals surface area contributed by atoms with Crippen LogP contribution in [0.1, 0.15) is 26.7 Å². The van der Waals surface area contributed by atoms with Crippen LogP contribution in [-0.4, -0.2) is 37.6 Å². The first-order valence-corrected chi connectivity index (χ1v) is 4.34. The predicted octanol–water partition coefficient (Wildman–Crippen LogP) is 1.28. The van der Waals surface area contributed by atoms with Crippen LogP contribution in [0.3, 0.4) is 0 Å². The molecule has 0 saturated carbocycles. The molecule has 1 amide bonds. The van der Waals surface area contributed by atoms with Gasteiger partial charge in [0, 0.05) is 27.1 Å². The van der Waals surface area contributed by atoms with Crippen LogP contribution < -0.4 is 0 Å². The Balaban J connectivity index is 0.000000217. The predicted molar refractivity (Wildman–Crippen MR) is 49.0 cm³/mol. The quantitative estimate of drug-likeness (QED) is 0.598. The van der Waals surface area contributed by atoms with E-state index in [9.17, 15) is 4.79 Å². The molecule has 0 spiro atoms. The molecule has 0 aromatic rings. The van der Waals surface area contributed by atoms with E-state index in [-0.39, 0.29) is 0 Å². The molecule has 0 aromatic carbocycles. The lowest BCUT2D eigenvalue weighted by molar-refractivity contribution is -0.126. The van der Waals surface area contributed by atoms with E-state index in [1.165, 1.54) is 0 Å². The zero-order chi connectivity index (χ0) is 9.56. The summed E-state index contributed by atoms with van der Waals surface area (Å²) in [5, 5.41) is 0. The Morgan fingerprint density at radius 1 is 1.50 bits per heavy atom. The first kappa shape index (κ1) is 11.4. The normalized spacial score (nSPS) is 16.4. The Kier molecular flexibility index (Phi) is 5.72. The standard InChI is InChI=1S/C5H9NO.C4H10O/c1-6-4-2-3-5(6)7;1-4(2)5-3/h2-4H2,1H3;4H,1-3H3. The van der Waals surface area contributed by atoms with Gasteiger partial charge in [-0.15, -0.1) is 0 Å². The van der Waals surface area contributed by atoms with Crippen molar-refractivity contribution in [2.45, 2.75) is 32.8 Å². The summed E-state index contributed by atoms with van der Waals surface area (Å²) < 4.78 is 4.75. The molecule has 0 aliphatic carbocycles. The van der Waals surface area contributed by atoms with Crippen LogP contribution in [0.25, 0.3) is 0 Å². The summed E-state index contributed by atoms with van der Waals surface area (Å²) in [5.41, 5.74) is 0. The second kappa shape index (κ2) is 6.00. The van der Waals surface area contributed by atoms with Crippen LogP contribution >= 0.6 is 0 Å². The average Bonchev–Trinajstić information content (AvgIpc) is 2.37.